The maximum atomic E-state index is 12.9. The number of aryl methyl sites for hydroxylation is 2. The second-order valence-electron chi connectivity index (χ2n) is 10.2. The van der Waals surface area contributed by atoms with Crippen LogP contribution in [-0.4, -0.2) is 32.4 Å². The molecule has 2 heterocycles. The third-order valence-corrected chi connectivity index (χ3v) is 8.55. The molecule has 1 aliphatic carbocycles. The Hall–Kier alpha value is -2.90. The Balaban J connectivity index is 1.10. The summed E-state index contributed by atoms with van der Waals surface area (Å²) in [6.45, 7) is 4.80. The zero-order valence-electron chi connectivity index (χ0n) is 21.5. The molecule has 0 spiro atoms. The Kier molecular flexibility index (Phi) is 8.11. The Morgan fingerprint density at radius 3 is 2.59 bits per heavy atom. The summed E-state index contributed by atoms with van der Waals surface area (Å²) in [4.78, 5) is 31.5. The first-order valence-corrected chi connectivity index (χ1v) is 14.0. The van der Waals surface area contributed by atoms with Gasteiger partial charge in [-0.15, -0.1) is 0 Å². The third-order valence-electron chi connectivity index (χ3n) is 7.41. The van der Waals surface area contributed by atoms with E-state index in [0.717, 1.165) is 61.1 Å². The smallest absolute Gasteiger partial charge is 0.289 e. The van der Waals surface area contributed by atoms with Crippen LogP contribution in [-0.2, 0) is 22.7 Å². The number of ether oxygens (including phenoxy) is 1. The van der Waals surface area contributed by atoms with Gasteiger partial charge >= 0.3 is 0 Å². The number of thioether (sulfide) groups is 1. The highest BCUT2D eigenvalue weighted by Gasteiger charge is 2.39. The molecular weight excluding hydrogens is 484 g/mol. The van der Waals surface area contributed by atoms with Crippen molar-refractivity contribution in [3.8, 4) is 11.5 Å². The average molecular weight is 519 g/mol. The lowest BCUT2D eigenvalue weighted by molar-refractivity contribution is -0.127. The van der Waals surface area contributed by atoms with E-state index in [1.807, 2.05) is 49.4 Å². The zero-order valence-corrected chi connectivity index (χ0v) is 22.3. The Morgan fingerprint density at radius 1 is 1.03 bits per heavy atom. The summed E-state index contributed by atoms with van der Waals surface area (Å²) >= 11 is 1.19. The SMILES string of the molecule is Cc1ccc(-c2nc(CO[C@H]3CCC[C@@H](CCC4SC(=O)N(Cc5ccccc5)C4=O)C3)c(C)o2)cc1. The van der Waals surface area contributed by atoms with Gasteiger partial charge in [0.25, 0.3) is 5.24 Å². The van der Waals surface area contributed by atoms with Crippen LogP contribution < -0.4 is 0 Å². The molecular formula is C30H34N2O4S. The molecule has 5 rings (SSSR count). The van der Waals surface area contributed by atoms with E-state index in [1.165, 1.54) is 22.2 Å². The van der Waals surface area contributed by atoms with Gasteiger partial charge in [-0.05, 0) is 63.1 Å². The first-order valence-electron chi connectivity index (χ1n) is 13.2. The van der Waals surface area contributed by atoms with Gasteiger partial charge in [0.15, 0.2) is 0 Å². The minimum Gasteiger partial charge on any atom is -0.441 e. The maximum Gasteiger partial charge on any atom is 0.289 e. The number of rotatable bonds is 9. The van der Waals surface area contributed by atoms with Crippen LogP contribution in [0.15, 0.2) is 59.0 Å². The number of imide groups is 1. The van der Waals surface area contributed by atoms with Gasteiger partial charge in [-0.1, -0.05) is 72.6 Å². The van der Waals surface area contributed by atoms with Crippen LogP contribution in [0.5, 0.6) is 0 Å². The predicted octanol–water partition coefficient (Wildman–Crippen LogP) is 7.08. The van der Waals surface area contributed by atoms with Crippen molar-refractivity contribution in [2.75, 3.05) is 0 Å². The van der Waals surface area contributed by atoms with Gasteiger partial charge in [0.05, 0.1) is 24.5 Å². The molecule has 2 aliphatic rings. The monoisotopic (exact) mass is 518 g/mol. The van der Waals surface area contributed by atoms with Crippen molar-refractivity contribution in [2.45, 2.75) is 76.9 Å². The molecule has 1 aliphatic heterocycles. The van der Waals surface area contributed by atoms with Gasteiger partial charge in [0.2, 0.25) is 11.8 Å². The Morgan fingerprint density at radius 2 is 1.81 bits per heavy atom. The van der Waals surface area contributed by atoms with Crippen molar-refractivity contribution in [3.63, 3.8) is 0 Å². The number of carbonyl (C=O) groups excluding carboxylic acids is 2. The second-order valence-corrected chi connectivity index (χ2v) is 11.4. The van der Waals surface area contributed by atoms with Crippen molar-refractivity contribution in [1.29, 1.82) is 0 Å². The highest BCUT2D eigenvalue weighted by molar-refractivity contribution is 8.15. The molecule has 1 aromatic heterocycles. The highest BCUT2D eigenvalue weighted by atomic mass is 32.2. The number of oxazole rings is 1. The average Bonchev–Trinajstić information content (AvgIpc) is 3.41. The first kappa shape index (κ1) is 25.7. The highest BCUT2D eigenvalue weighted by Crippen LogP contribution is 2.36. The van der Waals surface area contributed by atoms with E-state index in [-0.39, 0.29) is 22.5 Å². The number of benzene rings is 2. The molecule has 1 saturated carbocycles. The molecule has 3 atom stereocenters. The molecule has 37 heavy (non-hydrogen) atoms. The van der Waals surface area contributed by atoms with E-state index >= 15 is 0 Å². The molecule has 0 N–H and O–H groups in total. The predicted molar refractivity (Wildman–Crippen MR) is 145 cm³/mol. The number of amides is 2. The van der Waals surface area contributed by atoms with Gasteiger partial charge in [0, 0.05) is 5.56 Å². The van der Waals surface area contributed by atoms with E-state index in [0.29, 0.717) is 25.0 Å². The molecule has 0 radical (unpaired) electrons. The minimum atomic E-state index is -0.268. The van der Waals surface area contributed by atoms with E-state index in [9.17, 15) is 9.59 Å². The van der Waals surface area contributed by atoms with Gasteiger partial charge in [-0.3, -0.25) is 14.5 Å². The molecule has 2 amide bonds. The molecule has 0 bridgehead atoms. The van der Waals surface area contributed by atoms with Crippen LogP contribution in [0.4, 0.5) is 4.79 Å². The Labute approximate surface area is 222 Å². The summed E-state index contributed by atoms with van der Waals surface area (Å²) in [5, 5.41) is -0.396. The van der Waals surface area contributed by atoms with Gasteiger partial charge < -0.3 is 9.15 Å². The first-order chi connectivity index (χ1) is 18.0. The number of nitrogens with zero attached hydrogens (tertiary/aromatic N) is 2. The molecule has 2 aromatic carbocycles. The number of aromatic nitrogens is 1. The fraction of sp³-hybridized carbons (Fsp3) is 0.433. The summed E-state index contributed by atoms with van der Waals surface area (Å²) < 4.78 is 12.2. The lowest BCUT2D eigenvalue weighted by Crippen LogP contribution is -2.31. The van der Waals surface area contributed by atoms with E-state index in [4.69, 9.17) is 9.15 Å². The van der Waals surface area contributed by atoms with Crippen molar-refractivity contribution in [2.24, 2.45) is 5.92 Å². The van der Waals surface area contributed by atoms with E-state index < -0.39 is 0 Å². The van der Waals surface area contributed by atoms with Crippen LogP contribution in [0.3, 0.4) is 0 Å². The topological polar surface area (TPSA) is 72.6 Å². The third kappa shape index (κ3) is 6.33. The van der Waals surface area contributed by atoms with Crippen LogP contribution in [0.2, 0.25) is 0 Å². The van der Waals surface area contributed by atoms with Gasteiger partial charge in [-0.25, -0.2) is 4.98 Å². The molecule has 7 heteroatoms. The van der Waals surface area contributed by atoms with Crippen molar-refractivity contribution in [3.05, 3.63) is 77.2 Å². The van der Waals surface area contributed by atoms with Gasteiger partial charge in [-0.2, -0.15) is 0 Å². The number of hydrogen-bond acceptors (Lipinski definition) is 6. The summed E-state index contributed by atoms with van der Waals surface area (Å²) in [6, 6.07) is 17.9. The molecule has 1 unspecified atom stereocenters. The molecule has 194 valence electrons. The summed E-state index contributed by atoms with van der Waals surface area (Å²) in [6.07, 6.45) is 6.14. The quantitative estimate of drug-likeness (QED) is 0.301. The van der Waals surface area contributed by atoms with Crippen molar-refractivity contribution >= 4 is 22.9 Å². The lowest BCUT2D eigenvalue weighted by Gasteiger charge is -2.29. The van der Waals surface area contributed by atoms with E-state index in [1.54, 1.807) is 0 Å². The normalized spacial score (nSPS) is 22.1. The molecule has 1 saturated heterocycles. The molecule has 2 fully saturated rings. The van der Waals surface area contributed by atoms with Crippen LogP contribution >= 0.6 is 11.8 Å². The molecule has 6 nitrogen and oxygen atoms in total. The maximum absolute atomic E-state index is 12.9. The summed E-state index contributed by atoms with van der Waals surface area (Å²) in [7, 11) is 0. The van der Waals surface area contributed by atoms with Crippen LogP contribution in [0, 0.1) is 19.8 Å². The number of hydrogen-bond donors (Lipinski definition) is 0. The minimum absolute atomic E-state index is 0.0478. The second kappa shape index (κ2) is 11.7. The number of carbonyl (C=O) groups is 2. The largest absolute Gasteiger partial charge is 0.441 e. The summed E-state index contributed by atoms with van der Waals surface area (Å²) in [5.74, 6) is 1.89. The van der Waals surface area contributed by atoms with Crippen molar-refractivity contribution in [1.82, 2.24) is 9.88 Å². The summed E-state index contributed by atoms with van der Waals surface area (Å²) in [5.41, 5.74) is 4.00. The standard InChI is InChI=1S/C30H34N2O4S/c1-20-11-14-24(15-12-20)28-31-26(21(2)36-28)19-35-25-10-6-9-22(17-25)13-16-27-29(33)32(30(34)37-27)18-23-7-4-3-5-8-23/h3-5,7-8,11-12,14-15,22,25,27H,6,9-10,13,16-19H2,1-2H3/t22-,25-,27?/m0/s1. The Bertz CT molecular complexity index is 1220. The lowest BCUT2D eigenvalue weighted by atomic mass is 9.84. The molecule has 3 aromatic rings. The van der Waals surface area contributed by atoms with Crippen LogP contribution in [0.1, 0.15) is 61.1 Å². The fourth-order valence-corrected chi connectivity index (χ4v) is 6.22. The van der Waals surface area contributed by atoms with E-state index in [2.05, 4.69) is 24.0 Å². The van der Waals surface area contributed by atoms with Gasteiger partial charge in [0.1, 0.15) is 11.5 Å². The van der Waals surface area contributed by atoms with Crippen molar-refractivity contribution < 1.29 is 18.7 Å². The zero-order chi connectivity index (χ0) is 25.8. The van der Waals surface area contributed by atoms with Crippen LogP contribution in [0.25, 0.3) is 11.5 Å². The fourth-order valence-electron chi connectivity index (χ4n) is 5.21.